The van der Waals surface area contributed by atoms with Crippen LogP contribution in [0.1, 0.15) is 39.8 Å². The molecule has 4 nitrogen and oxygen atoms in total. The number of hydrogen-bond acceptors (Lipinski definition) is 3. The lowest BCUT2D eigenvalue weighted by molar-refractivity contribution is 0.00522. The van der Waals surface area contributed by atoms with Crippen LogP contribution in [0.25, 0.3) is 0 Å². The van der Waals surface area contributed by atoms with Gasteiger partial charge in [-0.1, -0.05) is 20.3 Å². The highest BCUT2D eigenvalue weighted by molar-refractivity contribution is 5.00. The van der Waals surface area contributed by atoms with E-state index in [9.17, 15) is 5.11 Å². The van der Waals surface area contributed by atoms with Gasteiger partial charge >= 0.3 is 0 Å². The minimum Gasteiger partial charge on any atom is -0.389 e. The average Bonchev–Trinajstić information content (AvgIpc) is 2.75. The lowest BCUT2D eigenvalue weighted by atomic mass is 9.89. The largest absolute Gasteiger partial charge is 0.389 e. The molecule has 1 heterocycles. The lowest BCUT2D eigenvalue weighted by Crippen LogP contribution is -2.43. The van der Waals surface area contributed by atoms with Crippen LogP contribution < -0.4 is 5.32 Å². The molecular weight excluding hydrogens is 214 g/mol. The van der Waals surface area contributed by atoms with Gasteiger partial charge in [-0.05, 0) is 25.8 Å². The molecule has 2 atom stereocenters. The van der Waals surface area contributed by atoms with Gasteiger partial charge < -0.3 is 10.4 Å². The number of aromatic nitrogens is 2. The molecular formula is C13H25N3O. The molecule has 0 aliphatic rings. The van der Waals surface area contributed by atoms with Gasteiger partial charge in [0.1, 0.15) is 0 Å². The van der Waals surface area contributed by atoms with Crippen molar-refractivity contribution in [2.75, 3.05) is 6.54 Å². The topological polar surface area (TPSA) is 50.1 Å². The predicted octanol–water partition coefficient (Wildman–Crippen LogP) is 1.79. The van der Waals surface area contributed by atoms with E-state index in [0.717, 1.165) is 25.2 Å². The van der Waals surface area contributed by atoms with Crippen LogP contribution in [-0.2, 0) is 13.1 Å². The Hall–Kier alpha value is -0.870. The molecule has 17 heavy (non-hydrogen) atoms. The number of aryl methyl sites for hydroxylation is 1. The lowest BCUT2D eigenvalue weighted by Gasteiger charge is -2.30. The van der Waals surface area contributed by atoms with Gasteiger partial charge in [0.25, 0.3) is 0 Å². The summed E-state index contributed by atoms with van der Waals surface area (Å²) < 4.78 is 1.96. The first-order chi connectivity index (χ1) is 8.01. The first kappa shape index (κ1) is 14.2. The van der Waals surface area contributed by atoms with Crippen LogP contribution in [0.15, 0.2) is 12.3 Å². The van der Waals surface area contributed by atoms with Crippen molar-refractivity contribution in [1.82, 2.24) is 15.1 Å². The van der Waals surface area contributed by atoms with Gasteiger partial charge in [-0.15, -0.1) is 0 Å². The molecule has 2 unspecified atom stereocenters. The van der Waals surface area contributed by atoms with E-state index in [4.69, 9.17) is 0 Å². The first-order valence-electron chi connectivity index (χ1n) is 6.45. The summed E-state index contributed by atoms with van der Waals surface area (Å²) in [5.74, 6) is 0.297. The zero-order valence-corrected chi connectivity index (χ0v) is 11.4. The van der Waals surface area contributed by atoms with E-state index < -0.39 is 5.60 Å². The Labute approximate surface area is 104 Å². The minimum absolute atomic E-state index is 0.297. The molecule has 98 valence electrons. The van der Waals surface area contributed by atoms with Crippen LogP contribution in [0.4, 0.5) is 0 Å². The maximum atomic E-state index is 10.3. The van der Waals surface area contributed by atoms with Crippen LogP contribution >= 0.6 is 0 Å². The fourth-order valence-electron chi connectivity index (χ4n) is 1.85. The third-order valence-electron chi connectivity index (χ3n) is 3.57. The molecule has 1 aromatic heterocycles. The molecule has 0 aromatic carbocycles. The predicted molar refractivity (Wildman–Crippen MR) is 69.7 cm³/mol. The second kappa shape index (κ2) is 6.17. The molecule has 1 aromatic rings. The Morgan fingerprint density at radius 2 is 2.24 bits per heavy atom. The standard InChI is InChI=1S/C13H25N3O/c1-5-11(3)13(4,17)10-14-9-12-7-8-15-16(12)6-2/h7-8,11,14,17H,5-6,9-10H2,1-4H3. The van der Waals surface area contributed by atoms with E-state index in [-0.39, 0.29) is 0 Å². The van der Waals surface area contributed by atoms with Crippen LogP contribution in [0, 0.1) is 5.92 Å². The molecule has 4 heteroatoms. The van der Waals surface area contributed by atoms with Gasteiger partial charge in [0.15, 0.2) is 0 Å². The molecule has 0 fully saturated rings. The quantitative estimate of drug-likeness (QED) is 0.762. The highest BCUT2D eigenvalue weighted by Crippen LogP contribution is 2.18. The maximum Gasteiger partial charge on any atom is 0.0768 e. The number of hydrogen-bond donors (Lipinski definition) is 2. The Morgan fingerprint density at radius 3 is 2.82 bits per heavy atom. The second-order valence-electron chi connectivity index (χ2n) is 4.91. The van der Waals surface area contributed by atoms with E-state index in [1.54, 1.807) is 0 Å². The maximum absolute atomic E-state index is 10.3. The molecule has 0 radical (unpaired) electrons. The monoisotopic (exact) mass is 239 g/mol. The van der Waals surface area contributed by atoms with Gasteiger partial charge in [0.2, 0.25) is 0 Å². The number of rotatable bonds is 7. The third kappa shape index (κ3) is 3.82. The van der Waals surface area contributed by atoms with Crippen molar-refractivity contribution >= 4 is 0 Å². The molecule has 1 rings (SSSR count). The van der Waals surface area contributed by atoms with Gasteiger partial charge in [0, 0.05) is 25.8 Å². The van der Waals surface area contributed by atoms with Crippen molar-refractivity contribution in [2.24, 2.45) is 5.92 Å². The second-order valence-corrected chi connectivity index (χ2v) is 4.91. The van der Waals surface area contributed by atoms with Crippen molar-refractivity contribution in [2.45, 2.75) is 52.8 Å². The van der Waals surface area contributed by atoms with E-state index in [1.807, 2.05) is 23.9 Å². The summed E-state index contributed by atoms with van der Waals surface area (Å²) >= 11 is 0. The molecule has 0 saturated carbocycles. The summed E-state index contributed by atoms with van der Waals surface area (Å²) in [4.78, 5) is 0. The van der Waals surface area contributed by atoms with Crippen LogP contribution in [0.5, 0.6) is 0 Å². The Balaban J connectivity index is 2.42. The SMILES string of the molecule is CCC(C)C(C)(O)CNCc1ccnn1CC. The molecule has 0 aliphatic heterocycles. The number of aliphatic hydroxyl groups is 1. The van der Waals surface area contributed by atoms with Gasteiger partial charge in [-0.25, -0.2) is 0 Å². The van der Waals surface area contributed by atoms with Crippen LogP contribution in [-0.4, -0.2) is 27.0 Å². The highest BCUT2D eigenvalue weighted by Gasteiger charge is 2.26. The zero-order valence-electron chi connectivity index (χ0n) is 11.4. The minimum atomic E-state index is -0.647. The van der Waals surface area contributed by atoms with E-state index in [0.29, 0.717) is 12.5 Å². The Bertz CT molecular complexity index is 333. The summed E-state index contributed by atoms with van der Waals surface area (Å²) in [6.07, 6.45) is 2.80. The smallest absolute Gasteiger partial charge is 0.0768 e. The number of nitrogens with one attached hydrogen (secondary N) is 1. The Morgan fingerprint density at radius 1 is 1.53 bits per heavy atom. The van der Waals surface area contributed by atoms with E-state index in [2.05, 4.69) is 31.2 Å². The van der Waals surface area contributed by atoms with Crippen molar-refractivity contribution in [1.29, 1.82) is 0 Å². The fourth-order valence-corrected chi connectivity index (χ4v) is 1.85. The van der Waals surface area contributed by atoms with Gasteiger partial charge in [-0.2, -0.15) is 5.10 Å². The zero-order chi connectivity index (χ0) is 12.9. The molecule has 2 N–H and O–H groups in total. The van der Waals surface area contributed by atoms with Crippen molar-refractivity contribution in [3.63, 3.8) is 0 Å². The summed E-state index contributed by atoms with van der Waals surface area (Å²) in [6.45, 7) is 10.4. The van der Waals surface area contributed by atoms with Gasteiger partial charge in [-0.3, -0.25) is 4.68 Å². The van der Waals surface area contributed by atoms with Crippen molar-refractivity contribution in [3.05, 3.63) is 18.0 Å². The summed E-state index contributed by atoms with van der Waals surface area (Å²) in [7, 11) is 0. The van der Waals surface area contributed by atoms with E-state index in [1.165, 1.54) is 0 Å². The first-order valence-corrected chi connectivity index (χ1v) is 6.45. The van der Waals surface area contributed by atoms with Crippen molar-refractivity contribution in [3.8, 4) is 0 Å². The third-order valence-corrected chi connectivity index (χ3v) is 3.57. The highest BCUT2D eigenvalue weighted by atomic mass is 16.3. The number of nitrogens with zero attached hydrogens (tertiary/aromatic N) is 2. The molecule has 0 spiro atoms. The summed E-state index contributed by atoms with van der Waals surface area (Å²) in [6, 6.07) is 2.01. The Kier molecular flexibility index (Phi) is 5.15. The average molecular weight is 239 g/mol. The molecule has 0 aliphatic carbocycles. The van der Waals surface area contributed by atoms with E-state index >= 15 is 0 Å². The fraction of sp³-hybridized carbons (Fsp3) is 0.769. The van der Waals surface area contributed by atoms with Crippen molar-refractivity contribution < 1.29 is 5.11 Å². The molecule has 0 bridgehead atoms. The molecule has 0 amide bonds. The van der Waals surface area contributed by atoms with Crippen LogP contribution in [0.2, 0.25) is 0 Å². The molecule has 0 saturated heterocycles. The van der Waals surface area contributed by atoms with Crippen LogP contribution in [0.3, 0.4) is 0 Å². The normalized spacial score (nSPS) is 16.8. The van der Waals surface area contributed by atoms with Gasteiger partial charge in [0.05, 0.1) is 11.3 Å². The summed E-state index contributed by atoms with van der Waals surface area (Å²) in [5, 5.41) is 17.8. The summed E-state index contributed by atoms with van der Waals surface area (Å²) in [5.41, 5.74) is 0.513.